The molecule has 11 nitrogen and oxygen atoms in total. The third-order valence-electron chi connectivity index (χ3n) is 3.28. The van der Waals surface area contributed by atoms with Crippen molar-refractivity contribution >= 4 is 23.7 Å². The van der Waals surface area contributed by atoms with Crippen molar-refractivity contribution in [3.63, 3.8) is 0 Å². The quantitative estimate of drug-likeness (QED) is 0.398. The monoisotopic (exact) mass is 376 g/mol. The van der Waals surface area contributed by atoms with E-state index in [9.17, 15) is 19.7 Å². The van der Waals surface area contributed by atoms with Gasteiger partial charge in [0, 0.05) is 17.7 Å². The molecule has 11 heteroatoms. The highest BCUT2D eigenvalue weighted by Crippen LogP contribution is 2.33. The maximum atomic E-state index is 11.7. The third-order valence-corrected chi connectivity index (χ3v) is 3.28. The highest BCUT2D eigenvalue weighted by Gasteiger charge is 2.19. The van der Waals surface area contributed by atoms with E-state index < -0.39 is 16.7 Å². The van der Waals surface area contributed by atoms with Crippen molar-refractivity contribution in [2.45, 2.75) is 0 Å². The molecule has 0 saturated carbocycles. The van der Waals surface area contributed by atoms with Crippen LogP contribution in [-0.2, 0) is 4.79 Å². The Kier molecular flexibility index (Phi) is 6.47. The van der Waals surface area contributed by atoms with Gasteiger partial charge >= 0.3 is 5.69 Å². The van der Waals surface area contributed by atoms with Crippen LogP contribution in [0, 0.1) is 10.1 Å². The fourth-order valence-corrected chi connectivity index (χ4v) is 2.02. The molecule has 0 spiro atoms. The maximum Gasteiger partial charge on any atom is 0.311 e. The number of benzene rings is 1. The van der Waals surface area contributed by atoms with Gasteiger partial charge in [0.25, 0.3) is 11.8 Å². The van der Waals surface area contributed by atoms with Gasteiger partial charge < -0.3 is 19.2 Å². The number of carbonyl (C=O) groups is 2. The van der Waals surface area contributed by atoms with Crippen LogP contribution < -0.4 is 20.2 Å². The lowest BCUT2D eigenvalue weighted by molar-refractivity contribution is -0.385. The number of rotatable bonds is 8. The van der Waals surface area contributed by atoms with Crippen LogP contribution in [-0.4, -0.2) is 43.7 Å². The summed E-state index contributed by atoms with van der Waals surface area (Å²) >= 11 is 0. The van der Waals surface area contributed by atoms with Crippen LogP contribution in [0.4, 0.5) is 5.69 Å². The van der Waals surface area contributed by atoms with E-state index in [1.54, 1.807) is 6.07 Å². The molecule has 0 saturated heterocycles. The van der Waals surface area contributed by atoms with Gasteiger partial charge in [0.15, 0.2) is 5.76 Å². The second-order valence-electron chi connectivity index (χ2n) is 4.98. The molecule has 0 unspecified atom stereocenters. The second-order valence-corrected chi connectivity index (χ2v) is 4.98. The molecule has 0 radical (unpaired) electrons. The van der Waals surface area contributed by atoms with Gasteiger partial charge in [-0.25, -0.2) is 5.43 Å². The number of amides is 2. The van der Waals surface area contributed by atoms with Gasteiger partial charge in [-0.3, -0.25) is 19.7 Å². The van der Waals surface area contributed by atoms with E-state index in [0.29, 0.717) is 0 Å². The first-order valence-electron chi connectivity index (χ1n) is 7.50. The number of ether oxygens (including phenoxy) is 2. The Bertz CT molecular complexity index is 862. The Morgan fingerprint density at radius 2 is 2.04 bits per heavy atom. The van der Waals surface area contributed by atoms with Crippen LogP contribution >= 0.6 is 0 Å². The van der Waals surface area contributed by atoms with Gasteiger partial charge in [0.1, 0.15) is 5.75 Å². The molecule has 0 aliphatic heterocycles. The fourth-order valence-electron chi connectivity index (χ4n) is 2.02. The van der Waals surface area contributed by atoms with E-state index in [2.05, 4.69) is 15.8 Å². The second kappa shape index (κ2) is 8.99. The zero-order valence-corrected chi connectivity index (χ0v) is 14.4. The van der Waals surface area contributed by atoms with Crippen molar-refractivity contribution in [3.8, 4) is 11.5 Å². The van der Waals surface area contributed by atoms with E-state index in [0.717, 1.165) is 0 Å². The Balaban J connectivity index is 2.00. The van der Waals surface area contributed by atoms with E-state index in [1.807, 2.05) is 0 Å². The number of carbonyl (C=O) groups excluding carboxylic acids is 2. The Labute approximate surface area is 153 Å². The minimum absolute atomic E-state index is 0.0266. The molecule has 0 bridgehead atoms. The number of hydrazone groups is 1. The molecule has 0 aliphatic rings. The topological polar surface area (TPSA) is 145 Å². The average Bonchev–Trinajstić information content (AvgIpc) is 3.20. The molecule has 1 heterocycles. The van der Waals surface area contributed by atoms with Crippen LogP contribution in [0.25, 0.3) is 0 Å². The molecule has 2 aromatic rings. The number of nitrogens with one attached hydrogen (secondary N) is 2. The number of nitro benzene ring substituents is 1. The highest BCUT2D eigenvalue weighted by molar-refractivity contribution is 5.94. The van der Waals surface area contributed by atoms with E-state index in [4.69, 9.17) is 13.9 Å². The molecule has 0 aliphatic carbocycles. The molecule has 1 aromatic carbocycles. The molecule has 142 valence electrons. The van der Waals surface area contributed by atoms with Crippen LogP contribution in [0.1, 0.15) is 16.1 Å². The van der Waals surface area contributed by atoms with Gasteiger partial charge in [-0.1, -0.05) is 0 Å². The minimum Gasteiger partial charge on any atom is -0.496 e. The molecule has 0 fully saturated rings. The number of hydrogen-bond donors (Lipinski definition) is 2. The fraction of sp³-hybridized carbons (Fsp3) is 0.188. The lowest BCUT2D eigenvalue weighted by Gasteiger charge is -2.08. The zero-order chi connectivity index (χ0) is 19.8. The largest absolute Gasteiger partial charge is 0.496 e. The Morgan fingerprint density at radius 1 is 1.30 bits per heavy atom. The summed E-state index contributed by atoms with van der Waals surface area (Å²) in [5.74, 6) is -0.790. The van der Waals surface area contributed by atoms with Crippen molar-refractivity contribution in [2.75, 3.05) is 20.8 Å². The predicted octanol–water partition coefficient (Wildman–Crippen LogP) is 1.09. The number of methoxy groups -OCH3 is 2. The normalized spacial score (nSPS) is 10.4. The summed E-state index contributed by atoms with van der Waals surface area (Å²) in [6, 6.07) is 5.53. The first-order valence-corrected chi connectivity index (χ1v) is 7.50. The van der Waals surface area contributed by atoms with Crippen molar-refractivity contribution in [1.29, 1.82) is 0 Å². The molecular weight excluding hydrogens is 360 g/mol. The summed E-state index contributed by atoms with van der Waals surface area (Å²) in [7, 11) is 2.67. The number of nitro groups is 1. The Hall–Kier alpha value is -3.89. The summed E-state index contributed by atoms with van der Waals surface area (Å²) < 4.78 is 15.0. The zero-order valence-electron chi connectivity index (χ0n) is 14.4. The van der Waals surface area contributed by atoms with Crippen molar-refractivity contribution in [3.05, 3.63) is 52.0 Å². The van der Waals surface area contributed by atoms with Gasteiger partial charge in [0.05, 0.1) is 38.2 Å². The SMILES string of the molecule is COc1cc(OC)c([N+](=O)[O-])cc1/C=N\NC(=O)CNC(=O)c1ccco1. The number of hydrogen-bond acceptors (Lipinski definition) is 8. The van der Waals surface area contributed by atoms with Crippen LogP contribution in [0.15, 0.2) is 40.0 Å². The van der Waals surface area contributed by atoms with E-state index in [1.165, 1.54) is 44.9 Å². The van der Waals surface area contributed by atoms with Crippen LogP contribution in [0.2, 0.25) is 0 Å². The van der Waals surface area contributed by atoms with Crippen molar-refractivity contribution in [1.82, 2.24) is 10.7 Å². The maximum absolute atomic E-state index is 11.7. The molecule has 1 aromatic heterocycles. The van der Waals surface area contributed by atoms with Gasteiger partial charge in [-0.05, 0) is 12.1 Å². The lowest BCUT2D eigenvalue weighted by atomic mass is 10.1. The minimum atomic E-state index is -0.613. The van der Waals surface area contributed by atoms with Gasteiger partial charge in [-0.2, -0.15) is 5.10 Å². The predicted molar refractivity (Wildman–Crippen MR) is 93.0 cm³/mol. The summed E-state index contributed by atoms with van der Waals surface area (Å²) in [6.45, 7) is -0.337. The first-order chi connectivity index (χ1) is 13.0. The van der Waals surface area contributed by atoms with Crippen LogP contribution in [0.5, 0.6) is 11.5 Å². The standard InChI is InChI=1S/C16H16N4O7/c1-25-13-7-14(26-2)11(20(23)24)6-10(13)8-18-19-15(21)9-17-16(22)12-4-3-5-27-12/h3-8H,9H2,1-2H3,(H,17,22)(H,19,21)/b18-8-. The average molecular weight is 376 g/mol. The first kappa shape index (κ1) is 19.4. The molecule has 0 atom stereocenters. The molecule has 27 heavy (non-hydrogen) atoms. The summed E-state index contributed by atoms with van der Waals surface area (Å²) in [4.78, 5) is 33.8. The lowest BCUT2D eigenvalue weighted by Crippen LogP contribution is -2.34. The van der Waals surface area contributed by atoms with Gasteiger partial charge in [-0.15, -0.1) is 0 Å². The van der Waals surface area contributed by atoms with Gasteiger partial charge in [0.2, 0.25) is 5.75 Å². The van der Waals surface area contributed by atoms with Crippen molar-refractivity contribution < 1.29 is 28.4 Å². The third kappa shape index (κ3) is 5.04. The highest BCUT2D eigenvalue weighted by atomic mass is 16.6. The summed E-state index contributed by atoms with van der Waals surface area (Å²) in [5, 5.41) is 17.1. The smallest absolute Gasteiger partial charge is 0.311 e. The molecular formula is C16H16N4O7. The molecule has 2 N–H and O–H groups in total. The van der Waals surface area contributed by atoms with E-state index >= 15 is 0 Å². The van der Waals surface area contributed by atoms with Crippen LogP contribution in [0.3, 0.4) is 0 Å². The van der Waals surface area contributed by atoms with Crippen molar-refractivity contribution in [2.24, 2.45) is 5.10 Å². The summed E-state index contributed by atoms with van der Waals surface area (Å²) in [5.41, 5.74) is 2.16. The Morgan fingerprint density at radius 3 is 2.63 bits per heavy atom. The number of nitrogens with zero attached hydrogens (tertiary/aromatic N) is 2. The molecule has 2 amide bonds. The number of furan rings is 1. The summed E-state index contributed by atoms with van der Waals surface area (Å²) in [6.07, 6.45) is 2.51. The van der Waals surface area contributed by atoms with E-state index in [-0.39, 0.29) is 35.1 Å². The molecule has 2 rings (SSSR count).